The maximum Gasteiger partial charge on any atom is 0.187 e. The lowest BCUT2D eigenvalue weighted by Gasteiger charge is -2.51. The first-order valence-electron chi connectivity index (χ1n) is 20.9. The summed E-state index contributed by atoms with van der Waals surface area (Å²) in [7, 11) is 0. The Balaban J connectivity index is 1.32. The van der Waals surface area contributed by atoms with E-state index in [1.807, 2.05) is 0 Å². The van der Waals surface area contributed by atoms with Gasteiger partial charge in [-0.25, -0.2) is 0 Å². The molecule has 0 amide bonds. The highest BCUT2D eigenvalue weighted by Crippen LogP contribution is 2.38. The Hall–Kier alpha value is -1.16. The molecule has 0 aliphatic carbocycles. The summed E-state index contributed by atoms with van der Waals surface area (Å²) in [6.45, 7) is -1.38. The minimum atomic E-state index is -2.22. The van der Waals surface area contributed by atoms with Crippen molar-refractivity contribution >= 4 is 0 Å². The minimum absolute atomic E-state index is 0.970. The smallest absolute Gasteiger partial charge is 0.187 e. The molecule has 29 nitrogen and oxygen atoms in total. The zero-order chi connectivity index (χ0) is 47.9. The van der Waals surface area contributed by atoms with Gasteiger partial charge >= 0.3 is 0 Å². The molecule has 6 heterocycles. The van der Waals surface area contributed by atoms with Gasteiger partial charge in [-0.3, -0.25) is 0 Å². The molecular weight excluding hydrogens is 896 g/mol. The van der Waals surface area contributed by atoms with Crippen LogP contribution in [-0.2, 0) is 52.1 Å². The minimum Gasteiger partial charge on any atom is -0.394 e. The van der Waals surface area contributed by atoms with Crippen molar-refractivity contribution < 1.29 is 144 Å². The second-order valence-corrected chi connectivity index (χ2v) is 16.7. The van der Waals surface area contributed by atoms with Crippen LogP contribution in [0.1, 0.15) is 13.8 Å². The van der Waals surface area contributed by atoms with Crippen molar-refractivity contribution in [3.8, 4) is 0 Å². The van der Waals surface area contributed by atoms with E-state index in [2.05, 4.69) is 0 Å². The number of aliphatic hydroxyl groups is 18. The first-order valence-corrected chi connectivity index (χ1v) is 20.9. The molecule has 0 saturated carbocycles. The van der Waals surface area contributed by atoms with Crippen LogP contribution in [0.25, 0.3) is 0 Å². The van der Waals surface area contributed by atoms with Gasteiger partial charge < -0.3 is 144 Å². The van der Waals surface area contributed by atoms with Crippen LogP contribution in [0.3, 0.4) is 0 Å². The van der Waals surface area contributed by atoms with Crippen LogP contribution in [0.2, 0.25) is 0 Å². The molecule has 29 heteroatoms. The first-order chi connectivity index (χ1) is 30.7. The molecule has 6 aliphatic heterocycles. The average Bonchev–Trinajstić information content (AvgIpc) is 3.29. The van der Waals surface area contributed by atoms with Crippen LogP contribution in [0.15, 0.2) is 0 Å². The lowest BCUT2D eigenvalue weighted by molar-refractivity contribution is -0.413. The van der Waals surface area contributed by atoms with E-state index in [0.717, 1.165) is 0 Å². The second-order valence-electron chi connectivity index (χ2n) is 16.7. The Morgan fingerprint density at radius 2 is 0.615 bits per heavy atom. The van der Waals surface area contributed by atoms with E-state index >= 15 is 0 Å². The normalized spacial score (nSPS) is 54.6. The van der Waals surface area contributed by atoms with Gasteiger partial charge in [-0.15, -0.1) is 0 Å². The third kappa shape index (κ3) is 10.8. The monoisotopic (exact) mass is 958 g/mol. The molecular formula is C36H62O29. The molecule has 0 radical (unpaired) electrons. The topological polar surface area (TPSA) is 466 Å². The van der Waals surface area contributed by atoms with Gasteiger partial charge in [0, 0.05) is 0 Å². The van der Waals surface area contributed by atoms with E-state index in [1.54, 1.807) is 0 Å². The summed E-state index contributed by atoms with van der Waals surface area (Å²) in [5, 5.41) is 192. The molecule has 0 bridgehead atoms. The molecule has 6 rings (SSSR count). The highest BCUT2D eigenvalue weighted by atomic mass is 16.8. The van der Waals surface area contributed by atoms with Crippen molar-refractivity contribution in [3.05, 3.63) is 0 Å². The number of hydrogen-bond acceptors (Lipinski definition) is 29. The average molecular weight is 959 g/mol. The fraction of sp³-hybridized carbons (Fsp3) is 1.00. The Kier molecular flexibility index (Phi) is 18.2. The van der Waals surface area contributed by atoms with E-state index in [9.17, 15) is 91.9 Å². The summed E-state index contributed by atoms with van der Waals surface area (Å²) in [6, 6.07) is 0. The lowest BCUT2D eigenvalue weighted by atomic mass is 9.95. The lowest BCUT2D eigenvalue weighted by Crippen LogP contribution is -2.69. The third-order valence-electron chi connectivity index (χ3n) is 12.4. The van der Waals surface area contributed by atoms with Crippen molar-refractivity contribution in [2.24, 2.45) is 0 Å². The molecule has 0 aromatic carbocycles. The molecule has 6 saturated heterocycles. The summed E-state index contributed by atoms with van der Waals surface area (Å²) in [5.41, 5.74) is 0. The first kappa shape index (κ1) is 53.2. The van der Waals surface area contributed by atoms with Crippen LogP contribution >= 0.6 is 0 Å². The summed E-state index contributed by atoms with van der Waals surface area (Å²) in [4.78, 5) is 0. The Labute approximate surface area is 368 Å². The van der Waals surface area contributed by atoms with E-state index in [-0.39, 0.29) is 0 Å². The van der Waals surface area contributed by atoms with Crippen molar-refractivity contribution in [2.45, 2.75) is 198 Å². The van der Waals surface area contributed by atoms with Gasteiger partial charge in [0.05, 0.1) is 38.6 Å². The van der Waals surface area contributed by atoms with Gasteiger partial charge in [0.1, 0.15) is 134 Å². The summed E-state index contributed by atoms with van der Waals surface area (Å²) >= 11 is 0. The molecule has 0 aromatic heterocycles. The van der Waals surface area contributed by atoms with Gasteiger partial charge in [0.15, 0.2) is 37.7 Å². The number of rotatable bonds is 14. The fourth-order valence-corrected chi connectivity index (χ4v) is 8.37. The fourth-order valence-electron chi connectivity index (χ4n) is 8.37. The number of ether oxygens (including phenoxy) is 11. The van der Waals surface area contributed by atoms with Crippen LogP contribution in [0.5, 0.6) is 0 Å². The standard InChI is InChI=1S/C36H62O29/c1-7-13(41)17(45)22(50)32(55-7)61-27-12(6-40)60-34(24(52)20(27)48)64-29-16(44)10(4-38)59-36(62-26-11(5-39)57-31(54)21(49)19(26)47)30(29)65-35-25(53)28(15(43)9(3-37)58-35)63-33-23(51)18(46)14(42)8(2)56-33/h7-54H,3-6H2,1-2H3/t7-,8-,9+,10+,11+,12+,13-,14-,15+,16+,17+,18+,19+,20+,21+,22+,23+,24+,25+,26-,27+,28-,29-,30+,31+,32-,33-,34-,35-,36-/m0/s1. The van der Waals surface area contributed by atoms with Gasteiger partial charge in [-0.2, -0.15) is 0 Å². The van der Waals surface area contributed by atoms with Gasteiger partial charge in [0.2, 0.25) is 0 Å². The van der Waals surface area contributed by atoms with Crippen molar-refractivity contribution in [3.63, 3.8) is 0 Å². The Morgan fingerprint density at radius 1 is 0.277 bits per heavy atom. The predicted molar refractivity (Wildman–Crippen MR) is 196 cm³/mol. The molecule has 65 heavy (non-hydrogen) atoms. The molecule has 30 atom stereocenters. The largest absolute Gasteiger partial charge is 0.394 e. The van der Waals surface area contributed by atoms with E-state index in [0.29, 0.717) is 0 Å². The van der Waals surface area contributed by atoms with Crippen molar-refractivity contribution in [1.82, 2.24) is 0 Å². The highest BCUT2D eigenvalue weighted by molar-refractivity contribution is 5.00. The zero-order valence-corrected chi connectivity index (χ0v) is 34.7. The molecule has 6 aliphatic rings. The maximum atomic E-state index is 11.6. The SMILES string of the molecule is C[C@@H]1O[C@@H](O[C@@H]2[C@@H](O)[C@H](O[C@H]3[C@H](O[C@@H]4[C@H](O)[C@@H](O)[C@H](O)O[C@@H]4CO)O[C@H](CO)[C@@H](O)[C@@H]3O[C@@H]3O[C@H](CO)[C@@H](O[C@@H]4O[C@@H](C)[C@H](O)[C@@H](O)[C@H]4O)[C@H](O)[C@H]3O)O[C@H](CO)[C@H]2O)[C@H](O)[C@H](O)[C@H]1O. The molecule has 18 N–H and O–H groups in total. The van der Waals surface area contributed by atoms with Crippen molar-refractivity contribution in [2.75, 3.05) is 26.4 Å². The van der Waals surface area contributed by atoms with Crippen LogP contribution in [-0.4, -0.2) is 303 Å². The Bertz CT molecular complexity index is 1470. The van der Waals surface area contributed by atoms with E-state index < -0.39 is 211 Å². The number of aliphatic hydroxyl groups excluding tert-OH is 18. The summed E-state index contributed by atoms with van der Waals surface area (Å²) in [6.07, 6.45) is -56.2. The molecule has 0 aromatic rings. The summed E-state index contributed by atoms with van der Waals surface area (Å²) in [5.74, 6) is 0. The van der Waals surface area contributed by atoms with E-state index in [1.165, 1.54) is 13.8 Å². The van der Waals surface area contributed by atoms with Gasteiger partial charge in [-0.1, -0.05) is 0 Å². The number of hydrogen-bond donors (Lipinski definition) is 18. The van der Waals surface area contributed by atoms with Gasteiger partial charge in [0.25, 0.3) is 0 Å². The van der Waals surface area contributed by atoms with Crippen LogP contribution < -0.4 is 0 Å². The van der Waals surface area contributed by atoms with Crippen molar-refractivity contribution in [1.29, 1.82) is 0 Å². The summed E-state index contributed by atoms with van der Waals surface area (Å²) < 4.78 is 62.5. The third-order valence-corrected chi connectivity index (χ3v) is 12.4. The van der Waals surface area contributed by atoms with Gasteiger partial charge in [-0.05, 0) is 13.8 Å². The zero-order valence-electron chi connectivity index (χ0n) is 34.7. The molecule has 0 spiro atoms. The second kappa shape index (κ2) is 22.3. The van der Waals surface area contributed by atoms with Crippen LogP contribution in [0, 0.1) is 0 Å². The Morgan fingerprint density at radius 3 is 1.12 bits per heavy atom. The highest BCUT2D eigenvalue weighted by Gasteiger charge is 2.58. The molecule has 0 unspecified atom stereocenters. The quantitative estimate of drug-likeness (QED) is 0.0768. The molecule has 6 fully saturated rings. The predicted octanol–water partition coefficient (Wildman–Crippen LogP) is -12.0. The van der Waals surface area contributed by atoms with Crippen LogP contribution in [0.4, 0.5) is 0 Å². The molecule has 380 valence electrons. The van der Waals surface area contributed by atoms with E-state index in [4.69, 9.17) is 52.1 Å². The maximum absolute atomic E-state index is 11.6.